The molecule has 1 aliphatic rings. The number of aromatic amines is 1. The molecule has 1 aromatic heterocycles. The third-order valence-electron chi connectivity index (χ3n) is 4.71. The molecule has 13 heteroatoms. The molecule has 0 radical (unpaired) electrons. The number of fused-ring (bicyclic) bond motifs is 3. The van der Waals surface area contributed by atoms with Crippen molar-refractivity contribution < 1.29 is 36.6 Å². The molecule has 2 aromatic rings. The van der Waals surface area contributed by atoms with E-state index < -0.39 is 38.6 Å². The predicted molar refractivity (Wildman–Crippen MR) is 113 cm³/mol. The van der Waals surface area contributed by atoms with Crippen molar-refractivity contribution in [3.05, 3.63) is 33.5 Å². The van der Waals surface area contributed by atoms with Gasteiger partial charge in [0, 0.05) is 23.9 Å². The average molecular weight is 469 g/mol. The van der Waals surface area contributed by atoms with Crippen LogP contribution >= 0.6 is 0 Å². The Bertz CT molecular complexity index is 1210. The Morgan fingerprint density at radius 3 is 2.50 bits per heavy atom. The molecule has 12 nitrogen and oxygen atoms in total. The summed E-state index contributed by atoms with van der Waals surface area (Å²) in [6.07, 6.45) is 0.143. The predicted octanol–water partition coefficient (Wildman–Crippen LogP) is 2.68. The zero-order chi connectivity index (χ0) is 24.0. The van der Waals surface area contributed by atoms with Crippen LogP contribution in [0.3, 0.4) is 0 Å². The van der Waals surface area contributed by atoms with Gasteiger partial charge in [0.1, 0.15) is 16.8 Å². The molecule has 174 valence electrons. The number of benzene rings is 1. The molecule has 3 rings (SSSR count). The van der Waals surface area contributed by atoms with Crippen LogP contribution in [0.15, 0.2) is 12.1 Å². The van der Waals surface area contributed by atoms with Crippen LogP contribution in [0.25, 0.3) is 10.9 Å². The van der Waals surface area contributed by atoms with Gasteiger partial charge in [0.15, 0.2) is 0 Å². The standard InChI is InChI=1S/C19H23N3O9S/c1-19(2,3)31-18(24)21-8-10(9-30-32(5,27)28)15-11-6-12(17(23)29-4)20-16(11)14(22(25)26)7-13(15)21/h6-7,10,20H,8-9H2,1-5H3/t10-/m0/s1. The third kappa shape index (κ3) is 4.67. The number of aromatic nitrogens is 1. The number of ether oxygens (including phenoxy) is 2. The van der Waals surface area contributed by atoms with Gasteiger partial charge in [0.25, 0.3) is 15.8 Å². The Hall–Kier alpha value is -3.19. The summed E-state index contributed by atoms with van der Waals surface area (Å²) < 4.78 is 38.2. The van der Waals surface area contributed by atoms with E-state index in [9.17, 15) is 28.1 Å². The maximum atomic E-state index is 12.8. The summed E-state index contributed by atoms with van der Waals surface area (Å²) >= 11 is 0. The van der Waals surface area contributed by atoms with Crippen LogP contribution in [0, 0.1) is 10.1 Å². The van der Waals surface area contributed by atoms with Crippen molar-refractivity contribution in [1.29, 1.82) is 0 Å². The van der Waals surface area contributed by atoms with Gasteiger partial charge in [-0.15, -0.1) is 0 Å². The van der Waals surface area contributed by atoms with Crippen LogP contribution in [-0.2, 0) is 23.8 Å². The van der Waals surface area contributed by atoms with E-state index in [1.807, 2.05) is 0 Å². The lowest BCUT2D eigenvalue weighted by molar-refractivity contribution is -0.383. The van der Waals surface area contributed by atoms with Gasteiger partial charge in [-0.3, -0.25) is 19.2 Å². The molecule has 1 aromatic carbocycles. The Morgan fingerprint density at radius 1 is 1.31 bits per heavy atom. The van der Waals surface area contributed by atoms with E-state index in [1.165, 1.54) is 24.1 Å². The number of anilines is 1. The quantitative estimate of drug-likeness (QED) is 0.301. The second-order valence-electron chi connectivity index (χ2n) is 8.33. The molecule has 0 saturated carbocycles. The second-order valence-corrected chi connectivity index (χ2v) is 9.97. The molecule has 0 aliphatic carbocycles. The summed E-state index contributed by atoms with van der Waals surface area (Å²) in [6.45, 7) is 4.68. The number of esters is 1. The summed E-state index contributed by atoms with van der Waals surface area (Å²) in [5.74, 6) is -1.40. The first-order chi connectivity index (χ1) is 14.7. The number of nitro benzene ring substituents is 1. The van der Waals surface area contributed by atoms with Crippen LogP contribution in [0.5, 0.6) is 0 Å². The van der Waals surface area contributed by atoms with Crippen LogP contribution in [0.4, 0.5) is 16.2 Å². The molecule has 32 heavy (non-hydrogen) atoms. The lowest BCUT2D eigenvalue weighted by Crippen LogP contribution is -2.36. The monoisotopic (exact) mass is 469 g/mol. The Labute approximate surface area is 183 Å². The molecular formula is C19H23N3O9S. The number of nitrogens with one attached hydrogen (secondary N) is 1. The number of methoxy groups -OCH3 is 1. The Balaban J connectivity index is 2.23. The van der Waals surface area contributed by atoms with Gasteiger partial charge >= 0.3 is 12.1 Å². The first-order valence-electron chi connectivity index (χ1n) is 9.49. The number of nitrogens with zero attached hydrogens (tertiary/aromatic N) is 2. The van der Waals surface area contributed by atoms with E-state index in [0.29, 0.717) is 5.56 Å². The van der Waals surface area contributed by atoms with E-state index in [-0.39, 0.29) is 41.1 Å². The van der Waals surface area contributed by atoms with Crippen LogP contribution in [0.2, 0.25) is 0 Å². The highest BCUT2D eigenvalue weighted by atomic mass is 32.2. The number of rotatable bonds is 5. The van der Waals surface area contributed by atoms with Crippen molar-refractivity contribution in [3.8, 4) is 0 Å². The number of hydrogen-bond acceptors (Lipinski definition) is 9. The summed E-state index contributed by atoms with van der Waals surface area (Å²) in [6, 6.07) is 2.57. The minimum Gasteiger partial charge on any atom is -0.464 e. The van der Waals surface area contributed by atoms with Gasteiger partial charge in [-0.25, -0.2) is 9.59 Å². The zero-order valence-corrected chi connectivity index (χ0v) is 18.9. The van der Waals surface area contributed by atoms with Crippen LogP contribution < -0.4 is 4.90 Å². The number of nitro groups is 1. The van der Waals surface area contributed by atoms with Crippen LogP contribution in [0.1, 0.15) is 42.7 Å². The van der Waals surface area contributed by atoms with Crippen molar-refractivity contribution in [1.82, 2.24) is 4.98 Å². The second kappa shape index (κ2) is 8.06. The molecule has 2 heterocycles. The lowest BCUT2D eigenvalue weighted by Gasteiger charge is -2.25. The molecule has 0 fully saturated rings. The van der Waals surface area contributed by atoms with E-state index in [0.717, 1.165) is 6.26 Å². The van der Waals surface area contributed by atoms with E-state index >= 15 is 0 Å². The Kier molecular flexibility index (Phi) is 5.91. The van der Waals surface area contributed by atoms with E-state index in [4.69, 9.17) is 13.7 Å². The fourth-order valence-electron chi connectivity index (χ4n) is 3.54. The summed E-state index contributed by atoms with van der Waals surface area (Å²) in [5.41, 5.74) is -0.586. The zero-order valence-electron chi connectivity index (χ0n) is 18.1. The highest BCUT2D eigenvalue weighted by Gasteiger charge is 2.39. The molecule has 0 spiro atoms. The molecule has 1 amide bonds. The van der Waals surface area contributed by atoms with Gasteiger partial charge < -0.3 is 14.5 Å². The fourth-order valence-corrected chi connectivity index (χ4v) is 3.96. The molecular weight excluding hydrogens is 446 g/mol. The smallest absolute Gasteiger partial charge is 0.414 e. The number of carbonyl (C=O) groups is 2. The molecule has 0 saturated heterocycles. The van der Waals surface area contributed by atoms with Crippen molar-refractivity contribution in [2.75, 3.05) is 31.4 Å². The largest absolute Gasteiger partial charge is 0.464 e. The summed E-state index contributed by atoms with van der Waals surface area (Å²) in [4.78, 5) is 39.8. The minimum atomic E-state index is -3.79. The van der Waals surface area contributed by atoms with Gasteiger partial charge in [0.05, 0.1) is 30.6 Å². The first kappa shape index (κ1) is 23.5. The van der Waals surface area contributed by atoms with Crippen molar-refractivity contribution in [2.45, 2.75) is 32.3 Å². The maximum absolute atomic E-state index is 12.8. The van der Waals surface area contributed by atoms with E-state index in [1.54, 1.807) is 20.8 Å². The molecule has 1 aliphatic heterocycles. The molecule has 0 unspecified atom stereocenters. The molecule has 1 atom stereocenters. The summed E-state index contributed by atoms with van der Waals surface area (Å²) in [7, 11) is -2.63. The highest BCUT2D eigenvalue weighted by Crippen LogP contribution is 2.45. The lowest BCUT2D eigenvalue weighted by atomic mass is 9.97. The van der Waals surface area contributed by atoms with Gasteiger partial charge in [-0.1, -0.05) is 0 Å². The van der Waals surface area contributed by atoms with Crippen molar-refractivity contribution in [2.24, 2.45) is 0 Å². The number of non-ortho nitro benzene ring substituents is 1. The van der Waals surface area contributed by atoms with Gasteiger partial charge in [-0.05, 0) is 32.4 Å². The fraction of sp³-hybridized carbons (Fsp3) is 0.474. The molecule has 0 bridgehead atoms. The highest BCUT2D eigenvalue weighted by molar-refractivity contribution is 7.85. The molecule has 1 N–H and O–H groups in total. The topological polar surface area (TPSA) is 158 Å². The van der Waals surface area contributed by atoms with Crippen molar-refractivity contribution >= 4 is 44.5 Å². The number of hydrogen-bond donors (Lipinski definition) is 1. The van der Waals surface area contributed by atoms with Crippen LogP contribution in [-0.4, -0.2) is 62.5 Å². The normalized spacial score (nSPS) is 16.2. The van der Waals surface area contributed by atoms with Crippen molar-refractivity contribution in [3.63, 3.8) is 0 Å². The van der Waals surface area contributed by atoms with E-state index in [2.05, 4.69) is 4.98 Å². The van der Waals surface area contributed by atoms with Gasteiger partial charge in [0.2, 0.25) is 0 Å². The number of carbonyl (C=O) groups excluding carboxylic acids is 2. The third-order valence-corrected chi connectivity index (χ3v) is 5.28. The Morgan fingerprint density at radius 2 is 1.97 bits per heavy atom. The SMILES string of the molecule is COC(=O)c1cc2c3c(cc([N+](=O)[O-])c2[nH]1)N(C(=O)OC(C)(C)C)C[C@H]3COS(C)(=O)=O. The first-order valence-corrected chi connectivity index (χ1v) is 11.3. The maximum Gasteiger partial charge on any atom is 0.414 e. The van der Waals surface area contributed by atoms with Gasteiger partial charge in [-0.2, -0.15) is 8.42 Å². The minimum absolute atomic E-state index is 0.0301. The summed E-state index contributed by atoms with van der Waals surface area (Å²) in [5, 5.41) is 12.0. The average Bonchev–Trinajstić information content (AvgIpc) is 3.24. The number of amides is 1. The number of H-pyrrole nitrogens is 1.